The fraction of sp³-hybridized carbons (Fsp3) is 0.435. The zero-order valence-electron chi connectivity index (χ0n) is 20.1. The molecule has 0 bridgehead atoms. The Morgan fingerprint density at radius 2 is 1.90 bits per heavy atom. The average Bonchev–Trinajstić information content (AvgIpc) is 3.35. The van der Waals surface area contributed by atoms with E-state index in [1.165, 1.54) is 0 Å². The van der Waals surface area contributed by atoms with Crippen LogP contribution < -0.4 is 10.1 Å². The van der Waals surface area contributed by atoms with Crippen LogP contribution >= 0.6 is 0 Å². The van der Waals surface area contributed by atoms with Crippen molar-refractivity contribution in [3.63, 3.8) is 0 Å². The summed E-state index contributed by atoms with van der Waals surface area (Å²) in [6.07, 6.45) is -1.51. The van der Waals surface area contributed by atoms with Crippen molar-refractivity contribution in [1.82, 2.24) is 19.5 Å². The number of carbonyl (C=O) groups is 1. The van der Waals surface area contributed by atoms with Gasteiger partial charge in [-0.05, 0) is 49.7 Å². The summed E-state index contributed by atoms with van der Waals surface area (Å²) in [5.41, 5.74) is -0.747. The van der Waals surface area contributed by atoms with Crippen LogP contribution in [-0.2, 0) is 15.7 Å². The molecule has 0 unspecified atom stereocenters. The van der Waals surface area contributed by atoms with Crippen molar-refractivity contribution in [2.45, 2.75) is 38.3 Å². The summed E-state index contributed by atoms with van der Waals surface area (Å²) in [5, 5.41) is 18.4. The molecule has 4 rings (SSSR count). The van der Waals surface area contributed by atoms with Gasteiger partial charge in [0.1, 0.15) is 11.4 Å². The number of nitrogens with zero attached hydrogens (tertiary/aromatic N) is 4. The Hall–Kier alpha value is -3.66. The number of ether oxygens (including phenoxy) is 2. The molecule has 0 aliphatic carbocycles. The molecule has 16 heteroatoms. The molecular formula is C23H24F7N5O4. The van der Waals surface area contributed by atoms with Gasteiger partial charge in [0.2, 0.25) is 5.95 Å². The first-order valence-corrected chi connectivity index (χ1v) is 11.5. The van der Waals surface area contributed by atoms with Gasteiger partial charge in [-0.2, -0.15) is 30.7 Å². The van der Waals surface area contributed by atoms with Crippen LogP contribution in [0.15, 0.2) is 36.5 Å². The van der Waals surface area contributed by atoms with E-state index < -0.39 is 30.7 Å². The van der Waals surface area contributed by atoms with E-state index in [9.17, 15) is 30.7 Å². The van der Waals surface area contributed by atoms with Crippen LogP contribution in [0.5, 0.6) is 5.75 Å². The third-order valence-corrected chi connectivity index (χ3v) is 5.73. The predicted octanol–water partition coefficient (Wildman–Crippen LogP) is 4.83. The molecule has 0 spiro atoms. The van der Waals surface area contributed by atoms with Crippen LogP contribution in [0, 0.1) is 0 Å². The SMILES string of the molecule is FC(F)OCCN1CCC[C@@H](Nc2nnc(-c3ccc(C(F)(F)F)cc3OC(F)F)c3cccn23)C1.O=CO. The molecule has 1 aliphatic rings. The van der Waals surface area contributed by atoms with E-state index >= 15 is 0 Å². The Bertz CT molecular complexity index is 1230. The molecule has 9 nitrogen and oxygen atoms in total. The summed E-state index contributed by atoms with van der Waals surface area (Å²) < 4.78 is 100. The number of nitrogens with one attached hydrogen (secondary N) is 1. The molecule has 2 aromatic heterocycles. The molecule has 3 aromatic rings. The molecule has 0 radical (unpaired) electrons. The summed E-state index contributed by atoms with van der Waals surface area (Å²) in [4.78, 5) is 10.3. The van der Waals surface area contributed by atoms with E-state index in [0.717, 1.165) is 31.5 Å². The summed E-state index contributed by atoms with van der Waals surface area (Å²) in [5.74, 6) is -0.343. The number of halogens is 7. The average molecular weight is 567 g/mol. The van der Waals surface area contributed by atoms with Crippen molar-refractivity contribution in [2.75, 3.05) is 31.6 Å². The maximum absolute atomic E-state index is 13.1. The van der Waals surface area contributed by atoms with Crippen molar-refractivity contribution >= 4 is 17.9 Å². The topological polar surface area (TPSA) is 101 Å². The van der Waals surface area contributed by atoms with Crippen LogP contribution in [0.4, 0.5) is 36.7 Å². The highest BCUT2D eigenvalue weighted by Crippen LogP contribution is 2.38. The Labute approximate surface area is 217 Å². The van der Waals surface area contributed by atoms with Crippen LogP contribution in [-0.4, -0.2) is 76.6 Å². The lowest BCUT2D eigenvalue weighted by Gasteiger charge is -2.33. The zero-order chi connectivity index (χ0) is 28.6. The first-order chi connectivity index (χ1) is 18.5. The Balaban J connectivity index is 0.00000134. The second kappa shape index (κ2) is 13.4. The van der Waals surface area contributed by atoms with Gasteiger partial charge in [0.05, 0.1) is 17.7 Å². The molecule has 39 heavy (non-hydrogen) atoms. The summed E-state index contributed by atoms with van der Waals surface area (Å²) in [6, 6.07) is 5.47. The van der Waals surface area contributed by atoms with Crippen LogP contribution in [0.25, 0.3) is 16.8 Å². The van der Waals surface area contributed by atoms with Gasteiger partial charge in [-0.15, -0.1) is 10.2 Å². The number of carboxylic acid groups (broad SMARTS) is 1. The number of alkyl halides is 7. The number of piperidine rings is 1. The maximum Gasteiger partial charge on any atom is 0.416 e. The van der Waals surface area contributed by atoms with E-state index in [1.54, 1.807) is 22.7 Å². The van der Waals surface area contributed by atoms with Gasteiger partial charge < -0.3 is 19.9 Å². The normalized spacial score (nSPS) is 16.3. The van der Waals surface area contributed by atoms with Gasteiger partial charge in [-0.25, -0.2) is 0 Å². The monoisotopic (exact) mass is 567 g/mol. The summed E-state index contributed by atoms with van der Waals surface area (Å²) >= 11 is 0. The first-order valence-electron chi connectivity index (χ1n) is 11.5. The van der Waals surface area contributed by atoms with Crippen molar-refractivity contribution in [1.29, 1.82) is 0 Å². The fourth-order valence-corrected chi connectivity index (χ4v) is 4.16. The first kappa shape index (κ1) is 29.9. The minimum atomic E-state index is -4.75. The molecule has 0 saturated carbocycles. The molecule has 214 valence electrons. The number of hydrogen-bond donors (Lipinski definition) is 2. The van der Waals surface area contributed by atoms with E-state index in [4.69, 9.17) is 9.90 Å². The molecule has 1 aliphatic heterocycles. The minimum Gasteiger partial charge on any atom is -0.483 e. The van der Waals surface area contributed by atoms with Crippen molar-refractivity contribution in [2.24, 2.45) is 0 Å². The highest BCUT2D eigenvalue weighted by atomic mass is 19.4. The van der Waals surface area contributed by atoms with Gasteiger partial charge in [-0.1, -0.05) is 0 Å². The van der Waals surface area contributed by atoms with Crippen molar-refractivity contribution in [3.05, 3.63) is 42.1 Å². The largest absolute Gasteiger partial charge is 0.483 e. The standard InChI is InChI=1S/C22H22F7N5O2.CH2O2/c23-19(24)35-10-9-33-7-1-3-14(12-33)30-21-32-31-18(16-4-2-8-34(16)21)15-6-5-13(22(27,28)29)11-17(15)36-20(25)26;2-1-3/h2,4-6,8,11,14,19-20H,1,3,7,9-10,12H2,(H,30,32);1H,(H,2,3)/t14-;/m1./s1. The smallest absolute Gasteiger partial charge is 0.416 e. The number of hydrogen-bond acceptors (Lipinski definition) is 7. The lowest BCUT2D eigenvalue weighted by molar-refractivity contribution is -0.138. The Kier molecular flexibility index (Phi) is 10.3. The molecule has 1 fully saturated rings. The highest BCUT2D eigenvalue weighted by molar-refractivity contribution is 5.81. The third-order valence-electron chi connectivity index (χ3n) is 5.73. The Morgan fingerprint density at radius 1 is 1.15 bits per heavy atom. The van der Waals surface area contributed by atoms with E-state index in [-0.39, 0.29) is 30.4 Å². The summed E-state index contributed by atoms with van der Waals surface area (Å²) in [7, 11) is 0. The maximum atomic E-state index is 13.1. The fourth-order valence-electron chi connectivity index (χ4n) is 4.16. The lowest BCUT2D eigenvalue weighted by Crippen LogP contribution is -2.43. The molecule has 1 aromatic carbocycles. The number of likely N-dealkylation sites (tertiary alicyclic amines) is 1. The molecule has 2 N–H and O–H groups in total. The second-order valence-electron chi connectivity index (χ2n) is 8.24. The minimum absolute atomic E-state index is 0.0596. The lowest BCUT2D eigenvalue weighted by atomic mass is 10.1. The Morgan fingerprint density at radius 3 is 2.56 bits per heavy atom. The van der Waals surface area contributed by atoms with Gasteiger partial charge >= 0.3 is 19.4 Å². The van der Waals surface area contributed by atoms with Crippen LogP contribution in [0.1, 0.15) is 18.4 Å². The van der Waals surface area contributed by atoms with Crippen LogP contribution in [0.2, 0.25) is 0 Å². The number of aromatic nitrogens is 3. The second-order valence-corrected chi connectivity index (χ2v) is 8.24. The quantitative estimate of drug-likeness (QED) is 0.280. The third kappa shape index (κ3) is 8.16. The van der Waals surface area contributed by atoms with Gasteiger partial charge in [-0.3, -0.25) is 14.1 Å². The zero-order valence-corrected chi connectivity index (χ0v) is 20.1. The number of fused-ring (bicyclic) bond motifs is 1. The predicted molar refractivity (Wildman–Crippen MR) is 124 cm³/mol. The highest BCUT2D eigenvalue weighted by Gasteiger charge is 2.32. The van der Waals surface area contributed by atoms with E-state index in [2.05, 4.69) is 25.0 Å². The van der Waals surface area contributed by atoms with Crippen LogP contribution in [0.3, 0.4) is 0 Å². The number of benzene rings is 1. The number of anilines is 1. The van der Waals surface area contributed by atoms with Crippen molar-refractivity contribution in [3.8, 4) is 17.0 Å². The van der Waals surface area contributed by atoms with Gasteiger partial charge in [0.25, 0.3) is 6.47 Å². The molecule has 1 saturated heterocycles. The van der Waals surface area contributed by atoms with E-state index in [0.29, 0.717) is 30.6 Å². The van der Waals surface area contributed by atoms with E-state index in [1.807, 2.05) is 4.90 Å². The molecule has 3 heterocycles. The molecular weight excluding hydrogens is 543 g/mol. The van der Waals surface area contributed by atoms with Gasteiger partial charge in [0.15, 0.2) is 0 Å². The van der Waals surface area contributed by atoms with Gasteiger partial charge in [0, 0.05) is 30.9 Å². The number of rotatable bonds is 9. The molecule has 0 amide bonds. The van der Waals surface area contributed by atoms with Crippen molar-refractivity contribution < 1.29 is 50.1 Å². The summed E-state index contributed by atoms with van der Waals surface area (Å²) in [6.45, 7) is -4.90. The molecule has 1 atom stereocenters.